The number of pyridine rings is 2. The topological polar surface area (TPSA) is 25.8 Å². The Balaban J connectivity index is 0.000000507. The molecule has 0 fully saturated rings. The van der Waals surface area contributed by atoms with E-state index in [-0.39, 0.29) is 5.82 Å². The van der Waals surface area contributed by atoms with E-state index in [4.69, 9.17) is 0 Å². The van der Waals surface area contributed by atoms with Crippen LogP contribution in [0.15, 0.2) is 116 Å². The number of aryl methyl sites for hydroxylation is 4. The van der Waals surface area contributed by atoms with E-state index in [9.17, 15) is 0 Å². The standard InChI is InChI=1S/C33H36FN.C6H7N/c1-2-3-5-9-26-13-17-29(18-14-26)31-21-22-32(33(34)24-31)30-19-15-27(16-20-30)10-6-4-7-11-28-12-8-23-35-25-28;1-6-3-2-4-7-5-6/h8,12-25H,2-7,9-11H2,1H3;2-5H,1H3. The molecule has 0 aliphatic heterocycles. The van der Waals surface area contributed by atoms with E-state index in [1.165, 1.54) is 60.8 Å². The summed E-state index contributed by atoms with van der Waals surface area (Å²) in [4.78, 5) is 8.06. The minimum absolute atomic E-state index is 0.169. The van der Waals surface area contributed by atoms with Crippen molar-refractivity contribution in [3.63, 3.8) is 0 Å². The van der Waals surface area contributed by atoms with Gasteiger partial charge in [0.25, 0.3) is 0 Å². The van der Waals surface area contributed by atoms with Gasteiger partial charge in [0.05, 0.1) is 0 Å². The molecule has 2 nitrogen and oxygen atoms in total. The van der Waals surface area contributed by atoms with E-state index in [1.54, 1.807) is 12.3 Å². The molecule has 3 aromatic carbocycles. The van der Waals surface area contributed by atoms with Crippen LogP contribution < -0.4 is 0 Å². The third-order valence-corrected chi connectivity index (χ3v) is 7.55. The van der Waals surface area contributed by atoms with E-state index in [0.717, 1.165) is 36.0 Å². The Labute approximate surface area is 251 Å². The molecule has 0 spiro atoms. The average Bonchev–Trinajstić information content (AvgIpc) is 3.03. The van der Waals surface area contributed by atoms with Crippen LogP contribution in [0, 0.1) is 12.7 Å². The average molecular weight is 559 g/mol. The quantitative estimate of drug-likeness (QED) is 0.142. The molecule has 42 heavy (non-hydrogen) atoms. The molecule has 0 atom stereocenters. The molecule has 5 aromatic rings. The summed E-state index contributed by atoms with van der Waals surface area (Å²) in [5, 5.41) is 0. The fraction of sp³-hybridized carbons (Fsp3) is 0.282. The van der Waals surface area contributed by atoms with Gasteiger partial charge in [0.2, 0.25) is 0 Å². The van der Waals surface area contributed by atoms with Crippen molar-refractivity contribution in [1.82, 2.24) is 9.97 Å². The number of rotatable bonds is 12. The number of nitrogens with zero attached hydrogens (tertiary/aromatic N) is 2. The number of halogens is 1. The predicted molar refractivity (Wildman–Crippen MR) is 175 cm³/mol. The van der Waals surface area contributed by atoms with Crippen LogP contribution in [0.4, 0.5) is 4.39 Å². The molecule has 2 heterocycles. The van der Waals surface area contributed by atoms with Crippen LogP contribution in [0.5, 0.6) is 0 Å². The first-order chi connectivity index (χ1) is 20.6. The van der Waals surface area contributed by atoms with Gasteiger partial charge in [-0.1, -0.05) is 99.0 Å². The summed E-state index contributed by atoms with van der Waals surface area (Å²) in [7, 11) is 0. The van der Waals surface area contributed by atoms with Gasteiger partial charge in [0, 0.05) is 30.4 Å². The van der Waals surface area contributed by atoms with Gasteiger partial charge in [0.1, 0.15) is 5.82 Å². The second-order valence-electron chi connectivity index (χ2n) is 11.0. The lowest BCUT2D eigenvalue weighted by Crippen LogP contribution is -1.91. The maximum absolute atomic E-state index is 15.0. The van der Waals surface area contributed by atoms with Gasteiger partial charge in [-0.05, 0) is 103 Å². The molecule has 216 valence electrons. The normalized spacial score (nSPS) is 10.6. The third-order valence-electron chi connectivity index (χ3n) is 7.55. The van der Waals surface area contributed by atoms with Gasteiger partial charge in [-0.15, -0.1) is 0 Å². The van der Waals surface area contributed by atoms with E-state index < -0.39 is 0 Å². The van der Waals surface area contributed by atoms with Crippen LogP contribution in [-0.4, -0.2) is 9.97 Å². The van der Waals surface area contributed by atoms with Crippen molar-refractivity contribution in [3.05, 3.63) is 144 Å². The van der Waals surface area contributed by atoms with Gasteiger partial charge < -0.3 is 0 Å². The molecule has 0 aliphatic carbocycles. The molecule has 0 amide bonds. The summed E-state index contributed by atoms with van der Waals surface area (Å²) >= 11 is 0. The predicted octanol–water partition coefficient (Wildman–Crippen LogP) is 10.6. The van der Waals surface area contributed by atoms with Crippen molar-refractivity contribution in [2.24, 2.45) is 0 Å². The first-order valence-corrected chi connectivity index (χ1v) is 15.4. The molecule has 0 unspecified atom stereocenters. The van der Waals surface area contributed by atoms with Crippen molar-refractivity contribution < 1.29 is 4.39 Å². The van der Waals surface area contributed by atoms with E-state index in [2.05, 4.69) is 59.4 Å². The highest BCUT2D eigenvalue weighted by Crippen LogP contribution is 2.29. The zero-order valence-electron chi connectivity index (χ0n) is 25.1. The molecule has 0 bridgehead atoms. The first-order valence-electron chi connectivity index (χ1n) is 15.4. The van der Waals surface area contributed by atoms with Crippen molar-refractivity contribution >= 4 is 0 Å². The second kappa shape index (κ2) is 17.0. The van der Waals surface area contributed by atoms with Crippen LogP contribution in [0.1, 0.15) is 67.7 Å². The van der Waals surface area contributed by atoms with Crippen LogP contribution >= 0.6 is 0 Å². The van der Waals surface area contributed by atoms with E-state index in [1.807, 2.05) is 68.0 Å². The summed E-state index contributed by atoms with van der Waals surface area (Å²) in [6.07, 6.45) is 17.9. The first kappa shape index (κ1) is 30.8. The smallest absolute Gasteiger partial charge is 0.131 e. The van der Waals surface area contributed by atoms with Crippen LogP contribution in [0.2, 0.25) is 0 Å². The molecule has 0 saturated carbocycles. The molecule has 3 heteroatoms. The molecule has 2 aromatic heterocycles. The molecule has 0 aliphatic rings. The highest BCUT2D eigenvalue weighted by Gasteiger charge is 2.08. The maximum atomic E-state index is 15.0. The third kappa shape index (κ3) is 10.1. The fourth-order valence-corrected chi connectivity index (χ4v) is 5.05. The zero-order valence-corrected chi connectivity index (χ0v) is 25.1. The molecular weight excluding hydrogens is 515 g/mol. The van der Waals surface area contributed by atoms with Crippen molar-refractivity contribution in [2.45, 2.75) is 71.6 Å². The van der Waals surface area contributed by atoms with E-state index in [0.29, 0.717) is 5.56 Å². The van der Waals surface area contributed by atoms with Crippen LogP contribution in [0.3, 0.4) is 0 Å². The number of aromatic nitrogens is 2. The highest BCUT2D eigenvalue weighted by atomic mass is 19.1. The summed E-state index contributed by atoms with van der Waals surface area (Å²) < 4.78 is 15.0. The molecule has 0 radical (unpaired) electrons. The minimum atomic E-state index is -0.169. The number of unbranched alkanes of at least 4 members (excludes halogenated alkanes) is 4. The lowest BCUT2D eigenvalue weighted by Gasteiger charge is -2.09. The SMILES string of the molecule is CCCCCc1ccc(-c2ccc(-c3ccc(CCCCCc4cccnc4)cc3)c(F)c2)cc1.Cc1cccnc1. The van der Waals surface area contributed by atoms with Gasteiger partial charge in [-0.2, -0.15) is 0 Å². The van der Waals surface area contributed by atoms with Crippen molar-refractivity contribution in [1.29, 1.82) is 0 Å². The monoisotopic (exact) mass is 558 g/mol. The van der Waals surface area contributed by atoms with Gasteiger partial charge in [-0.3, -0.25) is 9.97 Å². The van der Waals surface area contributed by atoms with Gasteiger partial charge in [0.15, 0.2) is 0 Å². The Kier molecular flexibility index (Phi) is 12.5. The Morgan fingerprint density at radius 3 is 1.64 bits per heavy atom. The largest absolute Gasteiger partial charge is 0.264 e. The van der Waals surface area contributed by atoms with Crippen molar-refractivity contribution in [3.8, 4) is 22.3 Å². The Hall–Kier alpha value is -4.11. The zero-order chi connectivity index (χ0) is 29.4. The fourth-order valence-electron chi connectivity index (χ4n) is 5.05. The second-order valence-corrected chi connectivity index (χ2v) is 11.0. The Morgan fingerprint density at radius 2 is 1.12 bits per heavy atom. The lowest BCUT2D eigenvalue weighted by molar-refractivity contribution is 0.632. The lowest BCUT2D eigenvalue weighted by atomic mass is 9.97. The van der Waals surface area contributed by atoms with E-state index >= 15 is 4.39 Å². The number of hydrogen-bond donors (Lipinski definition) is 0. The van der Waals surface area contributed by atoms with Gasteiger partial charge >= 0.3 is 0 Å². The highest BCUT2D eigenvalue weighted by molar-refractivity contribution is 5.71. The molecule has 0 N–H and O–H groups in total. The van der Waals surface area contributed by atoms with Gasteiger partial charge in [-0.25, -0.2) is 4.39 Å². The number of benzene rings is 3. The summed E-state index contributed by atoms with van der Waals surface area (Å²) in [6, 6.07) is 30.6. The van der Waals surface area contributed by atoms with Crippen LogP contribution in [-0.2, 0) is 19.3 Å². The molecular formula is C39H43FN2. The van der Waals surface area contributed by atoms with Crippen LogP contribution in [0.25, 0.3) is 22.3 Å². The summed E-state index contributed by atoms with van der Waals surface area (Å²) in [6.45, 7) is 4.25. The number of hydrogen-bond acceptors (Lipinski definition) is 2. The molecule has 5 rings (SSSR count). The Bertz CT molecular complexity index is 1450. The molecule has 0 saturated heterocycles. The summed E-state index contributed by atoms with van der Waals surface area (Å²) in [5.41, 5.74) is 8.77. The summed E-state index contributed by atoms with van der Waals surface area (Å²) in [5.74, 6) is -0.169. The van der Waals surface area contributed by atoms with Crippen molar-refractivity contribution in [2.75, 3.05) is 0 Å². The minimum Gasteiger partial charge on any atom is -0.264 e. The maximum Gasteiger partial charge on any atom is 0.131 e. The Morgan fingerprint density at radius 1 is 0.548 bits per heavy atom.